The van der Waals surface area contributed by atoms with Crippen molar-refractivity contribution in [2.24, 2.45) is 0 Å². The van der Waals surface area contributed by atoms with Crippen molar-refractivity contribution in [3.63, 3.8) is 0 Å². The summed E-state index contributed by atoms with van der Waals surface area (Å²) in [6, 6.07) is 13.0. The molecule has 22 heavy (non-hydrogen) atoms. The summed E-state index contributed by atoms with van der Waals surface area (Å²) in [5.74, 6) is 0.581. The lowest BCUT2D eigenvalue weighted by Gasteiger charge is -2.10. The van der Waals surface area contributed by atoms with Crippen LogP contribution < -0.4 is 0 Å². The van der Waals surface area contributed by atoms with Gasteiger partial charge in [0.1, 0.15) is 5.52 Å². The van der Waals surface area contributed by atoms with E-state index in [1.165, 1.54) is 0 Å². The number of rotatable bonds is 3. The van der Waals surface area contributed by atoms with E-state index in [2.05, 4.69) is 4.98 Å². The number of fused-ring (bicyclic) bond motifs is 1. The molecule has 112 valence electrons. The predicted molar refractivity (Wildman–Crippen MR) is 86.9 cm³/mol. The Morgan fingerprint density at radius 1 is 1.23 bits per heavy atom. The lowest BCUT2D eigenvalue weighted by molar-refractivity contribution is -0.127. The maximum Gasteiger partial charge on any atom is 0.227 e. The molecule has 0 aliphatic carbocycles. The molecular formula is C17H15ClN2O2. The molecule has 4 nitrogen and oxygen atoms in total. The average Bonchev–Trinajstić information content (AvgIpc) is 2.90. The second-order valence-electron chi connectivity index (χ2n) is 5.30. The highest BCUT2D eigenvalue weighted by molar-refractivity contribution is 6.31. The summed E-state index contributed by atoms with van der Waals surface area (Å²) in [7, 11) is 3.49. The van der Waals surface area contributed by atoms with Crippen molar-refractivity contribution in [2.75, 3.05) is 14.1 Å². The number of benzene rings is 2. The normalized spacial score (nSPS) is 10.9. The van der Waals surface area contributed by atoms with E-state index < -0.39 is 0 Å². The Bertz CT molecular complexity index is 840. The van der Waals surface area contributed by atoms with Gasteiger partial charge in [-0.15, -0.1) is 0 Å². The molecule has 0 aliphatic heterocycles. The Labute approximate surface area is 133 Å². The van der Waals surface area contributed by atoms with Gasteiger partial charge in [0.05, 0.1) is 6.42 Å². The van der Waals surface area contributed by atoms with E-state index in [0.29, 0.717) is 22.9 Å². The van der Waals surface area contributed by atoms with E-state index in [4.69, 9.17) is 16.0 Å². The maximum atomic E-state index is 11.8. The molecule has 0 radical (unpaired) electrons. The Kier molecular flexibility index (Phi) is 3.86. The van der Waals surface area contributed by atoms with Crippen molar-refractivity contribution in [1.29, 1.82) is 0 Å². The van der Waals surface area contributed by atoms with Gasteiger partial charge >= 0.3 is 0 Å². The van der Waals surface area contributed by atoms with Crippen LogP contribution in [-0.4, -0.2) is 29.9 Å². The fourth-order valence-electron chi connectivity index (χ4n) is 2.17. The molecule has 0 saturated carbocycles. The minimum atomic E-state index is 0.0569. The fourth-order valence-corrected chi connectivity index (χ4v) is 2.34. The quantitative estimate of drug-likeness (QED) is 0.739. The average molecular weight is 315 g/mol. The number of carbonyl (C=O) groups is 1. The van der Waals surface area contributed by atoms with Gasteiger partial charge in [-0.1, -0.05) is 23.7 Å². The summed E-state index contributed by atoms with van der Waals surface area (Å²) in [6.45, 7) is 0. The number of oxazole rings is 1. The largest absolute Gasteiger partial charge is 0.436 e. The fraction of sp³-hybridized carbons (Fsp3) is 0.176. The second-order valence-corrected chi connectivity index (χ2v) is 5.73. The lowest BCUT2D eigenvalue weighted by atomic mass is 10.1. The molecule has 1 aromatic heterocycles. The topological polar surface area (TPSA) is 46.3 Å². The number of amides is 1. The predicted octanol–water partition coefficient (Wildman–Crippen LogP) is 3.78. The van der Waals surface area contributed by atoms with Crippen molar-refractivity contribution in [3.8, 4) is 11.5 Å². The lowest BCUT2D eigenvalue weighted by Crippen LogP contribution is -2.23. The Balaban J connectivity index is 1.94. The maximum absolute atomic E-state index is 11.8. The second kappa shape index (κ2) is 5.81. The molecule has 0 N–H and O–H groups in total. The van der Waals surface area contributed by atoms with Crippen LogP contribution in [0.3, 0.4) is 0 Å². The van der Waals surface area contributed by atoms with Gasteiger partial charge in [-0.3, -0.25) is 4.79 Å². The van der Waals surface area contributed by atoms with Crippen LogP contribution in [0.5, 0.6) is 0 Å². The molecule has 3 aromatic rings. The summed E-state index contributed by atoms with van der Waals surface area (Å²) in [5, 5.41) is 0.623. The molecule has 0 unspecified atom stereocenters. The van der Waals surface area contributed by atoms with Gasteiger partial charge in [-0.25, -0.2) is 4.98 Å². The Hall–Kier alpha value is -2.33. The first kappa shape index (κ1) is 14.6. The molecule has 1 heterocycles. The van der Waals surface area contributed by atoms with E-state index >= 15 is 0 Å². The van der Waals surface area contributed by atoms with E-state index in [-0.39, 0.29) is 5.91 Å². The van der Waals surface area contributed by atoms with Crippen LogP contribution in [-0.2, 0) is 11.2 Å². The van der Waals surface area contributed by atoms with Crippen LogP contribution in [0.4, 0.5) is 0 Å². The van der Waals surface area contributed by atoms with Crippen LogP contribution in [0, 0.1) is 0 Å². The van der Waals surface area contributed by atoms with Gasteiger partial charge < -0.3 is 9.32 Å². The summed E-state index contributed by atoms with van der Waals surface area (Å²) < 4.78 is 5.75. The highest BCUT2D eigenvalue weighted by Crippen LogP contribution is 2.26. The summed E-state index contributed by atoms with van der Waals surface area (Å²) in [5.41, 5.74) is 3.18. The van der Waals surface area contributed by atoms with Gasteiger partial charge in [0.25, 0.3) is 0 Å². The zero-order valence-electron chi connectivity index (χ0n) is 12.3. The molecule has 5 heteroatoms. The zero-order chi connectivity index (χ0) is 15.7. The standard InChI is InChI=1S/C17H15ClN2O2/c1-20(2)16(21)9-11-4-3-5-12(8-11)17-19-14-10-13(18)6-7-15(14)22-17/h3-8,10H,9H2,1-2H3. The first-order chi connectivity index (χ1) is 10.5. The van der Waals surface area contributed by atoms with Crippen molar-refractivity contribution >= 4 is 28.6 Å². The number of hydrogen-bond donors (Lipinski definition) is 0. The molecule has 3 rings (SSSR count). The number of nitrogens with zero attached hydrogens (tertiary/aromatic N) is 2. The van der Waals surface area contributed by atoms with Gasteiger partial charge in [-0.05, 0) is 35.9 Å². The van der Waals surface area contributed by atoms with Gasteiger partial charge in [0.2, 0.25) is 11.8 Å². The number of halogens is 1. The SMILES string of the molecule is CN(C)C(=O)Cc1cccc(-c2nc3cc(Cl)ccc3o2)c1. The number of likely N-dealkylation sites (N-methyl/N-ethyl adjacent to an activating group) is 1. The number of aromatic nitrogens is 1. The van der Waals surface area contributed by atoms with Crippen molar-refractivity contribution in [1.82, 2.24) is 9.88 Å². The smallest absolute Gasteiger partial charge is 0.227 e. The summed E-state index contributed by atoms with van der Waals surface area (Å²) >= 11 is 5.96. The summed E-state index contributed by atoms with van der Waals surface area (Å²) in [4.78, 5) is 17.8. The Morgan fingerprint density at radius 3 is 2.82 bits per heavy atom. The molecule has 2 aromatic carbocycles. The van der Waals surface area contributed by atoms with E-state index in [9.17, 15) is 4.79 Å². The third-order valence-electron chi connectivity index (χ3n) is 3.38. The van der Waals surface area contributed by atoms with Gasteiger partial charge in [-0.2, -0.15) is 0 Å². The molecule has 0 aliphatic rings. The van der Waals surface area contributed by atoms with Crippen LogP contribution in [0.1, 0.15) is 5.56 Å². The van der Waals surface area contributed by atoms with E-state index in [0.717, 1.165) is 16.6 Å². The van der Waals surface area contributed by atoms with Gasteiger partial charge in [0.15, 0.2) is 5.58 Å². The molecule has 1 amide bonds. The minimum absolute atomic E-state index is 0.0569. The first-order valence-electron chi connectivity index (χ1n) is 6.88. The van der Waals surface area contributed by atoms with Crippen LogP contribution in [0.2, 0.25) is 5.02 Å². The highest BCUT2D eigenvalue weighted by Gasteiger charge is 2.11. The number of hydrogen-bond acceptors (Lipinski definition) is 3. The third kappa shape index (κ3) is 2.97. The molecule has 0 saturated heterocycles. The van der Waals surface area contributed by atoms with Crippen LogP contribution in [0.25, 0.3) is 22.6 Å². The monoisotopic (exact) mass is 314 g/mol. The van der Waals surface area contributed by atoms with Crippen molar-refractivity contribution < 1.29 is 9.21 Å². The molecular weight excluding hydrogens is 300 g/mol. The van der Waals surface area contributed by atoms with E-state index in [1.807, 2.05) is 24.3 Å². The molecule has 0 spiro atoms. The van der Waals surface area contributed by atoms with Crippen molar-refractivity contribution in [2.45, 2.75) is 6.42 Å². The van der Waals surface area contributed by atoms with Crippen molar-refractivity contribution in [3.05, 3.63) is 53.1 Å². The zero-order valence-corrected chi connectivity index (χ0v) is 13.1. The number of carbonyl (C=O) groups excluding carboxylic acids is 1. The van der Waals surface area contributed by atoms with E-state index in [1.54, 1.807) is 37.2 Å². The molecule has 0 bridgehead atoms. The Morgan fingerprint density at radius 2 is 2.05 bits per heavy atom. The third-order valence-corrected chi connectivity index (χ3v) is 3.61. The highest BCUT2D eigenvalue weighted by atomic mass is 35.5. The van der Waals surface area contributed by atoms with Crippen LogP contribution >= 0.6 is 11.6 Å². The minimum Gasteiger partial charge on any atom is -0.436 e. The van der Waals surface area contributed by atoms with Gasteiger partial charge in [0, 0.05) is 24.7 Å². The summed E-state index contributed by atoms with van der Waals surface area (Å²) in [6.07, 6.45) is 0.354. The molecule has 0 atom stereocenters. The van der Waals surface area contributed by atoms with Crippen LogP contribution in [0.15, 0.2) is 46.9 Å². The first-order valence-corrected chi connectivity index (χ1v) is 7.26. The molecule has 0 fully saturated rings.